The van der Waals surface area contributed by atoms with Gasteiger partial charge in [-0.25, -0.2) is 4.98 Å². The van der Waals surface area contributed by atoms with Gasteiger partial charge in [-0.1, -0.05) is 18.0 Å². The maximum Gasteiger partial charge on any atom is 0.113 e. The van der Waals surface area contributed by atoms with Crippen LogP contribution in [0.2, 0.25) is 4.34 Å². The molecule has 0 spiro atoms. The monoisotopic (exact) mass is 245 g/mol. The van der Waals surface area contributed by atoms with E-state index < -0.39 is 0 Å². The molecule has 3 nitrogen and oxygen atoms in total. The molecule has 1 aromatic heterocycles. The lowest BCUT2D eigenvalue weighted by Gasteiger charge is -2.34. The number of thiazole rings is 1. The van der Waals surface area contributed by atoms with Crippen molar-refractivity contribution < 1.29 is 0 Å². The number of rotatable bonds is 3. The van der Waals surface area contributed by atoms with Crippen LogP contribution in [0, 0.1) is 0 Å². The molecular formula is C10H16ClN3S. The summed E-state index contributed by atoms with van der Waals surface area (Å²) >= 11 is 7.43. The van der Waals surface area contributed by atoms with Gasteiger partial charge in [-0.3, -0.25) is 4.90 Å². The molecule has 5 heteroatoms. The molecule has 1 saturated heterocycles. The molecule has 2 N–H and O–H groups in total. The first-order valence-corrected chi connectivity index (χ1v) is 6.53. The molecule has 1 unspecified atom stereocenters. The fourth-order valence-corrected chi connectivity index (χ4v) is 3.05. The van der Waals surface area contributed by atoms with Gasteiger partial charge in [0.15, 0.2) is 0 Å². The number of hydrogen-bond acceptors (Lipinski definition) is 4. The summed E-state index contributed by atoms with van der Waals surface area (Å²) in [5.74, 6) is 0. The molecule has 84 valence electrons. The Kier molecular flexibility index (Phi) is 3.97. The molecule has 1 fully saturated rings. The molecule has 0 aromatic carbocycles. The highest BCUT2D eigenvalue weighted by molar-refractivity contribution is 7.15. The van der Waals surface area contributed by atoms with Crippen LogP contribution in [-0.4, -0.2) is 29.0 Å². The van der Waals surface area contributed by atoms with Gasteiger partial charge in [0.1, 0.15) is 9.34 Å². The molecule has 0 saturated carbocycles. The van der Waals surface area contributed by atoms with E-state index in [-0.39, 0.29) is 0 Å². The van der Waals surface area contributed by atoms with Gasteiger partial charge in [0, 0.05) is 12.6 Å². The third kappa shape index (κ3) is 2.91. The Balaban J connectivity index is 1.97. The van der Waals surface area contributed by atoms with Crippen LogP contribution in [0.4, 0.5) is 0 Å². The molecule has 0 bridgehead atoms. The Labute approximate surface area is 99.2 Å². The van der Waals surface area contributed by atoms with Crippen molar-refractivity contribution in [1.29, 1.82) is 0 Å². The topological polar surface area (TPSA) is 42.1 Å². The van der Waals surface area contributed by atoms with Gasteiger partial charge < -0.3 is 5.73 Å². The Hall–Kier alpha value is -0.160. The van der Waals surface area contributed by atoms with Crippen molar-refractivity contribution in [3.8, 4) is 0 Å². The summed E-state index contributed by atoms with van der Waals surface area (Å²) in [5.41, 5.74) is 5.77. The highest BCUT2D eigenvalue weighted by Gasteiger charge is 2.21. The Morgan fingerprint density at radius 3 is 3.13 bits per heavy atom. The van der Waals surface area contributed by atoms with Gasteiger partial charge >= 0.3 is 0 Å². The van der Waals surface area contributed by atoms with Crippen molar-refractivity contribution in [2.75, 3.05) is 13.1 Å². The maximum atomic E-state index is 5.86. The van der Waals surface area contributed by atoms with Gasteiger partial charge in [0.25, 0.3) is 0 Å². The minimum atomic E-state index is 0.529. The first-order chi connectivity index (χ1) is 7.29. The predicted molar refractivity (Wildman–Crippen MR) is 64.2 cm³/mol. The smallest absolute Gasteiger partial charge is 0.113 e. The molecule has 1 aromatic rings. The molecule has 1 aliphatic rings. The van der Waals surface area contributed by atoms with E-state index in [1.54, 1.807) is 17.5 Å². The highest BCUT2D eigenvalue weighted by atomic mass is 35.5. The van der Waals surface area contributed by atoms with E-state index in [0.29, 0.717) is 6.04 Å². The van der Waals surface area contributed by atoms with Crippen LogP contribution in [0.5, 0.6) is 0 Å². The van der Waals surface area contributed by atoms with Crippen LogP contribution in [-0.2, 0) is 6.54 Å². The zero-order chi connectivity index (χ0) is 10.7. The minimum Gasteiger partial charge on any atom is -0.329 e. The summed E-state index contributed by atoms with van der Waals surface area (Å²) in [7, 11) is 0. The average Bonchev–Trinajstić information content (AvgIpc) is 2.65. The van der Waals surface area contributed by atoms with E-state index in [4.69, 9.17) is 17.3 Å². The Bertz CT molecular complexity index is 315. The van der Waals surface area contributed by atoms with E-state index in [1.165, 1.54) is 19.3 Å². The summed E-state index contributed by atoms with van der Waals surface area (Å²) in [6.07, 6.45) is 5.52. The zero-order valence-corrected chi connectivity index (χ0v) is 10.2. The number of likely N-dealkylation sites (tertiary alicyclic amines) is 1. The minimum absolute atomic E-state index is 0.529. The lowest BCUT2D eigenvalue weighted by atomic mass is 10.0. The van der Waals surface area contributed by atoms with Crippen molar-refractivity contribution in [3.63, 3.8) is 0 Å². The third-order valence-electron chi connectivity index (χ3n) is 2.88. The normalized spacial score (nSPS) is 23.2. The van der Waals surface area contributed by atoms with Crippen LogP contribution in [0.15, 0.2) is 6.20 Å². The summed E-state index contributed by atoms with van der Waals surface area (Å²) in [4.78, 5) is 6.71. The fraction of sp³-hybridized carbons (Fsp3) is 0.700. The second-order valence-electron chi connectivity index (χ2n) is 3.91. The molecule has 2 heterocycles. The van der Waals surface area contributed by atoms with E-state index >= 15 is 0 Å². The molecular weight excluding hydrogens is 230 g/mol. The Morgan fingerprint density at radius 2 is 2.47 bits per heavy atom. The van der Waals surface area contributed by atoms with E-state index in [1.807, 2.05) is 0 Å². The molecule has 0 amide bonds. The van der Waals surface area contributed by atoms with Crippen molar-refractivity contribution >= 4 is 22.9 Å². The summed E-state index contributed by atoms with van der Waals surface area (Å²) in [6.45, 7) is 2.79. The van der Waals surface area contributed by atoms with Crippen LogP contribution in [0.3, 0.4) is 0 Å². The van der Waals surface area contributed by atoms with E-state index in [0.717, 1.165) is 29.0 Å². The standard InChI is InChI=1S/C10H16ClN3S/c11-9-6-13-10(15-9)7-14-4-2-1-3-8(14)5-12/h6,8H,1-5,7,12H2. The number of piperidine rings is 1. The van der Waals surface area contributed by atoms with Crippen molar-refractivity contribution in [2.24, 2.45) is 5.73 Å². The second-order valence-corrected chi connectivity index (χ2v) is 5.66. The molecule has 0 radical (unpaired) electrons. The van der Waals surface area contributed by atoms with Crippen LogP contribution < -0.4 is 5.73 Å². The highest BCUT2D eigenvalue weighted by Crippen LogP contribution is 2.23. The van der Waals surface area contributed by atoms with Crippen LogP contribution in [0.1, 0.15) is 24.3 Å². The number of halogens is 1. The average molecular weight is 246 g/mol. The maximum absolute atomic E-state index is 5.86. The van der Waals surface area contributed by atoms with E-state index in [2.05, 4.69) is 9.88 Å². The predicted octanol–water partition coefficient (Wildman–Crippen LogP) is 2.11. The van der Waals surface area contributed by atoms with Crippen LogP contribution >= 0.6 is 22.9 Å². The SMILES string of the molecule is NCC1CCCCN1Cc1ncc(Cl)s1. The largest absolute Gasteiger partial charge is 0.329 e. The van der Waals surface area contributed by atoms with Gasteiger partial charge in [0.2, 0.25) is 0 Å². The number of aromatic nitrogens is 1. The third-order valence-corrected chi connectivity index (χ3v) is 3.98. The van der Waals surface area contributed by atoms with Gasteiger partial charge in [-0.05, 0) is 19.4 Å². The van der Waals surface area contributed by atoms with Crippen molar-refractivity contribution in [2.45, 2.75) is 31.8 Å². The number of nitrogens with zero attached hydrogens (tertiary/aromatic N) is 2. The molecule has 1 atom stereocenters. The summed E-state index contributed by atoms with van der Waals surface area (Å²) in [5, 5.41) is 1.10. The Morgan fingerprint density at radius 1 is 1.60 bits per heavy atom. The lowest BCUT2D eigenvalue weighted by Crippen LogP contribution is -2.43. The molecule has 2 rings (SSSR count). The van der Waals surface area contributed by atoms with Gasteiger partial charge in [0.05, 0.1) is 12.7 Å². The molecule has 15 heavy (non-hydrogen) atoms. The van der Waals surface area contributed by atoms with Crippen molar-refractivity contribution in [3.05, 3.63) is 15.5 Å². The molecule has 1 aliphatic heterocycles. The van der Waals surface area contributed by atoms with Crippen LogP contribution in [0.25, 0.3) is 0 Å². The first-order valence-electron chi connectivity index (χ1n) is 5.34. The first kappa shape index (κ1) is 11.3. The zero-order valence-electron chi connectivity index (χ0n) is 8.66. The lowest BCUT2D eigenvalue weighted by molar-refractivity contribution is 0.144. The second kappa shape index (κ2) is 5.25. The van der Waals surface area contributed by atoms with Crippen molar-refractivity contribution in [1.82, 2.24) is 9.88 Å². The summed E-state index contributed by atoms with van der Waals surface area (Å²) < 4.78 is 0.770. The number of nitrogens with two attached hydrogens (primary N) is 1. The number of hydrogen-bond donors (Lipinski definition) is 1. The molecule has 0 aliphatic carbocycles. The van der Waals surface area contributed by atoms with Gasteiger partial charge in [-0.15, -0.1) is 11.3 Å². The van der Waals surface area contributed by atoms with E-state index in [9.17, 15) is 0 Å². The fourth-order valence-electron chi connectivity index (χ4n) is 2.07. The van der Waals surface area contributed by atoms with Gasteiger partial charge in [-0.2, -0.15) is 0 Å². The summed E-state index contributed by atoms with van der Waals surface area (Å²) in [6, 6.07) is 0.529. The quantitative estimate of drug-likeness (QED) is 0.887.